The highest BCUT2D eigenvalue weighted by molar-refractivity contribution is 5.33. The number of hydrogen-bond acceptors (Lipinski definition) is 2. The smallest absolute Gasteiger partial charge is 0.0991 e. The molecule has 1 fully saturated rings. The predicted molar refractivity (Wildman–Crippen MR) is 95.4 cm³/mol. The van der Waals surface area contributed by atoms with Crippen LogP contribution in [0.2, 0.25) is 0 Å². The molecule has 1 aliphatic rings. The van der Waals surface area contributed by atoms with Crippen molar-refractivity contribution in [3.05, 3.63) is 48.0 Å². The van der Waals surface area contributed by atoms with E-state index in [9.17, 15) is 0 Å². The summed E-state index contributed by atoms with van der Waals surface area (Å²) in [5, 5.41) is 8.87. The van der Waals surface area contributed by atoms with Crippen molar-refractivity contribution >= 4 is 0 Å². The van der Waals surface area contributed by atoms with E-state index in [-0.39, 0.29) is 0 Å². The first-order valence-electron chi connectivity index (χ1n) is 9.06. The van der Waals surface area contributed by atoms with E-state index in [2.05, 4.69) is 24.8 Å². The molecule has 0 N–H and O–H groups in total. The van der Waals surface area contributed by atoms with E-state index >= 15 is 0 Å². The molecule has 2 heteroatoms. The van der Waals surface area contributed by atoms with Crippen LogP contribution in [0.1, 0.15) is 74.8 Å². The molecule has 2 nitrogen and oxygen atoms in total. The Morgan fingerprint density at radius 2 is 1.74 bits per heavy atom. The van der Waals surface area contributed by atoms with Gasteiger partial charge >= 0.3 is 0 Å². The van der Waals surface area contributed by atoms with Crippen LogP contribution < -0.4 is 0 Å². The Hall–Kier alpha value is -1.59. The molecule has 23 heavy (non-hydrogen) atoms. The summed E-state index contributed by atoms with van der Waals surface area (Å²) >= 11 is 0. The molecule has 0 aromatic heterocycles. The van der Waals surface area contributed by atoms with Crippen molar-refractivity contribution in [2.45, 2.75) is 69.8 Å². The highest BCUT2D eigenvalue weighted by atomic mass is 16.5. The molecule has 0 spiro atoms. The van der Waals surface area contributed by atoms with E-state index < -0.39 is 0 Å². The number of ether oxygens (including phenoxy) is 1. The highest BCUT2D eigenvalue weighted by Crippen LogP contribution is 2.34. The fourth-order valence-electron chi connectivity index (χ4n) is 3.39. The van der Waals surface area contributed by atoms with Gasteiger partial charge in [0.25, 0.3) is 0 Å². The maximum Gasteiger partial charge on any atom is 0.0991 e. The third-order valence-corrected chi connectivity index (χ3v) is 4.84. The lowest BCUT2D eigenvalue weighted by Crippen LogP contribution is -2.21. The molecule has 0 atom stereocenters. The second kappa shape index (κ2) is 10.2. The third-order valence-electron chi connectivity index (χ3n) is 4.84. The Labute approximate surface area is 141 Å². The summed E-state index contributed by atoms with van der Waals surface area (Å²) in [7, 11) is 0. The van der Waals surface area contributed by atoms with Gasteiger partial charge in [-0.25, -0.2) is 0 Å². The Morgan fingerprint density at radius 1 is 1.04 bits per heavy atom. The van der Waals surface area contributed by atoms with Gasteiger partial charge in [-0.2, -0.15) is 5.26 Å². The average Bonchev–Trinajstić information content (AvgIpc) is 2.61. The first-order valence-corrected chi connectivity index (χ1v) is 9.06. The zero-order valence-electron chi connectivity index (χ0n) is 14.2. The minimum Gasteiger partial charge on any atom is -0.378 e. The summed E-state index contributed by atoms with van der Waals surface area (Å²) in [4.78, 5) is 0. The lowest BCUT2D eigenvalue weighted by Gasteiger charge is -2.29. The summed E-state index contributed by atoms with van der Waals surface area (Å²) in [6, 6.07) is 10.3. The van der Waals surface area contributed by atoms with Gasteiger partial charge in [-0.15, -0.1) is 6.58 Å². The quantitative estimate of drug-likeness (QED) is 0.430. The van der Waals surface area contributed by atoms with Crippen LogP contribution in [0.4, 0.5) is 0 Å². The molecule has 1 aromatic rings. The first kappa shape index (κ1) is 17.8. The van der Waals surface area contributed by atoms with Crippen LogP contribution in [0.25, 0.3) is 0 Å². The molecule has 124 valence electrons. The van der Waals surface area contributed by atoms with Gasteiger partial charge in [0.1, 0.15) is 0 Å². The van der Waals surface area contributed by atoms with Gasteiger partial charge in [0, 0.05) is 6.61 Å². The second-order valence-corrected chi connectivity index (χ2v) is 6.57. The number of unbranched alkanes of at least 4 members (excludes halogenated alkanes) is 4. The Morgan fingerprint density at radius 3 is 2.39 bits per heavy atom. The van der Waals surface area contributed by atoms with Crippen LogP contribution >= 0.6 is 0 Å². The van der Waals surface area contributed by atoms with Crippen LogP contribution in [0.5, 0.6) is 0 Å². The van der Waals surface area contributed by atoms with E-state index in [1.54, 1.807) is 0 Å². The molecule has 0 amide bonds. The molecule has 0 saturated heterocycles. The Balaban J connectivity index is 1.60. The van der Waals surface area contributed by atoms with E-state index in [4.69, 9.17) is 10.00 Å². The van der Waals surface area contributed by atoms with Crippen molar-refractivity contribution in [2.75, 3.05) is 6.61 Å². The minimum absolute atomic E-state index is 0.456. The molecule has 0 radical (unpaired) electrons. The average molecular weight is 311 g/mol. The Kier molecular flexibility index (Phi) is 7.90. The molecule has 2 rings (SSSR count). The largest absolute Gasteiger partial charge is 0.378 e. The van der Waals surface area contributed by atoms with Crippen LogP contribution in [-0.2, 0) is 4.74 Å². The summed E-state index contributed by atoms with van der Waals surface area (Å²) in [5.74, 6) is 0.640. The fourth-order valence-corrected chi connectivity index (χ4v) is 3.39. The maximum absolute atomic E-state index is 8.87. The van der Waals surface area contributed by atoms with Crippen molar-refractivity contribution < 1.29 is 4.74 Å². The number of benzene rings is 1. The van der Waals surface area contributed by atoms with Crippen molar-refractivity contribution in [1.82, 2.24) is 0 Å². The molecule has 0 bridgehead atoms. The van der Waals surface area contributed by atoms with Crippen molar-refractivity contribution in [2.24, 2.45) is 0 Å². The molecule has 0 unspecified atom stereocenters. The number of rotatable bonds is 9. The van der Waals surface area contributed by atoms with E-state index in [0.29, 0.717) is 12.0 Å². The van der Waals surface area contributed by atoms with Crippen molar-refractivity contribution in [3.8, 4) is 6.07 Å². The van der Waals surface area contributed by atoms with Crippen LogP contribution in [-0.4, -0.2) is 12.7 Å². The van der Waals surface area contributed by atoms with Gasteiger partial charge in [0.15, 0.2) is 0 Å². The minimum atomic E-state index is 0.456. The van der Waals surface area contributed by atoms with Gasteiger partial charge in [-0.05, 0) is 68.6 Å². The summed E-state index contributed by atoms with van der Waals surface area (Å²) in [5.41, 5.74) is 2.13. The topological polar surface area (TPSA) is 33.0 Å². The lowest BCUT2D eigenvalue weighted by atomic mass is 9.82. The first-order chi connectivity index (χ1) is 11.3. The van der Waals surface area contributed by atoms with Crippen LogP contribution in [0.3, 0.4) is 0 Å². The zero-order valence-corrected chi connectivity index (χ0v) is 14.2. The monoisotopic (exact) mass is 311 g/mol. The predicted octanol–water partition coefficient (Wildman–Crippen LogP) is 5.74. The number of nitrogens with zero attached hydrogens (tertiary/aromatic N) is 1. The summed E-state index contributed by atoms with van der Waals surface area (Å²) in [6.07, 6.45) is 13.4. The van der Waals surface area contributed by atoms with Crippen LogP contribution in [0.15, 0.2) is 36.9 Å². The maximum atomic E-state index is 8.87. The molecule has 1 aliphatic carbocycles. The van der Waals surface area contributed by atoms with Crippen molar-refractivity contribution in [3.63, 3.8) is 0 Å². The molecule has 0 heterocycles. The summed E-state index contributed by atoms with van der Waals surface area (Å²) < 4.78 is 6.05. The lowest BCUT2D eigenvalue weighted by molar-refractivity contribution is 0.0226. The molecular formula is C21H29NO. The fraction of sp³-hybridized carbons (Fsp3) is 0.571. The second-order valence-electron chi connectivity index (χ2n) is 6.57. The highest BCUT2D eigenvalue weighted by Gasteiger charge is 2.22. The van der Waals surface area contributed by atoms with Gasteiger partial charge in [0.2, 0.25) is 0 Å². The van der Waals surface area contributed by atoms with Gasteiger partial charge in [0.05, 0.1) is 17.7 Å². The van der Waals surface area contributed by atoms with Gasteiger partial charge < -0.3 is 4.74 Å². The standard InChI is InChI=1S/C21H29NO/c1-2-3-4-5-6-7-16-23-21-14-12-20(13-15-21)19-10-8-18(17-22)9-11-19/h2,8-11,20-21H,1,3-7,12-16H2. The normalized spacial score (nSPS) is 20.8. The zero-order chi connectivity index (χ0) is 16.3. The molecule has 1 saturated carbocycles. The van der Waals surface area contributed by atoms with Gasteiger partial charge in [-0.3, -0.25) is 0 Å². The van der Waals surface area contributed by atoms with E-state index in [0.717, 1.165) is 18.6 Å². The number of nitriles is 1. The Bertz CT molecular complexity index is 492. The number of allylic oxidation sites excluding steroid dienone is 1. The molecule has 1 aromatic carbocycles. The molecular weight excluding hydrogens is 282 g/mol. The van der Waals surface area contributed by atoms with Crippen molar-refractivity contribution in [1.29, 1.82) is 5.26 Å². The SMILES string of the molecule is C=CCCCCCCOC1CCC(c2ccc(C#N)cc2)CC1. The summed E-state index contributed by atoms with van der Waals surface area (Å²) in [6.45, 7) is 4.67. The third kappa shape index (κ3) is 6.20. The van der Waals surface area contributed by atoms with Gasteiger partial charge in [-0.1, -0.05) is 31.1 Å². The van der Waals surface area contributed by atoms with Crippen LogP contribution in [0, 0.1) is 11.3 Å². The van der Waals surface area contributed by atoms with E-state index in [1.165, 1.54) is 56.9 Å². The molecule has 0 aliphatic heterocycles. The van der Waals surface area contributed by atoms with E-state index in [1.807, 2.05) is 18.2 Å². The number of hydrogen-bond donors (Lipinski definition) is 0.